The lowest BCUT2D eigenvalue weighted by Crippen LogP contribution is -2.33. The maximum atomic E-state index is 11.8. The van der Waals surface area contributed by atoms with Crippen LogP contribution in [0.4, 0.5) is 0 Å². The van der Waals surface area contributed by atoms with Gasteiger partial charge in [0.1, 0.15) is 9.84 Å². The molecule has 0 aromatic heterocycles. The molecule has 1 atom stereocenters. The van der Waals surface area contributed by atoms with Crippen LogP contribution in [0.3, 0.4) is 0 Å². The second-order valence-corrected chi connectivity index (χ2v) is 7.47. The zero-order chi connectivity index (χ0) is 13.8. The minimum Gasteiger partial charge on any atom is -0.321 e. The topological polar surface area (TPSA) is 77.2 Å². The molecule has 6 heteroatoms. The lowest BCUT2D eigenvalue weighted by molar-refractivity contribution is -0.119. The van der Waals surface area contributed by atoms with Crippen molar-refractivity contribution in [1.29, 1.82) is 0 Å². The third-order valence-electron chi connectivity index (χ3n) is 2.50. The van der Waals surface area contributed by atoms with Gasteiger partial charge in [-0.25, -0.2) is 8.42 Å². The van der Waals surface area contributed by atoms with Crippen molar-refractivity contribution in [2.45, 2.75) is 18.9 Å². The number of rotatable bonds is 6. The Morgan fingerprint density at radius 2 is 1.89 bits per heavy atom. The molecular formula is C12H16BrNO3S. The minimum absolute atomic E-state index is 0.0553. The first-order valence-electron chi connectivity index (χ1n) is 5.48. The number of ketones is 1. The lowest BCUT2D eigenvalue weighted by atomic mass is 10.0. The number of sulfone groups is 1. The number of halogens is 1. The molecular weight excluding hydrogens is 318 g/mol. The van der Waals surface area contributed by atoms with Gasteiger partial charge in [0.15, 0.2) is 5.78 Å². The Kier molecular flexibility index (Phi) is 5.49. The molecule has 0 radical (unpaired) electrons. The van der Waals surface area contributed by atoms with Crippen LogP contribution in [0.2, 0.25) is 0 Å². The van der Waals surface area contributed by atoms with Gasteiger partial charge in [-0.05, 0) is 24.1 Å². The number of hydrogen-bond acceptors (Lipinski definition) is 4. The van der Waals surface area contributed by atoms with Crippen LogP contribution < -0.4 is 5.73 Å². The van der Waals surface area contributed by atoms with E-state index in [2.05, 4.69) is 15.9 Å². The van der Waals surface area contributed by atoms with E-state index >= 15 is 0 Å². The summed E-state index contributed by atoms with van der Waals surface area (Å²) >= 11 is 3.31. The predicted molar refractivity (Wildman–Crippen MR) is 75.2 cm³/mol. The number of hydrogen-bond donors (Lipinski definition) is 1. The van der Waals surface area contributed by atoms with Crippen molar-refractivity contribution in [2.75, 3.05) is 12.0 Å². The van der Waals surface area contributed by atoms with Crippen LogP contribution in [-0.4, -0.2) is 32.3 Å². The Bertz CT molecular complexity index is 511. The van der Waals surface area contributed by atoms with E-state index in [-0.39, 0.29) is 24.4 Å². The van der Waals surface area contributed by atoms with Crippen LogP contribution in [-0.2, 0) is 21.1 Å². The van der Waals surface area contributed by atoms with E-state index in [9.17, 15) is 13.2 Å². The Morgan fingerprint density at radius 1 is 1.33 bits per heavy atom. The Labute approximate surface area is 116 Å². The summed E-state index contributed by atoms with van der Waals surface area (Å²) in [6, 6.07) is 6.66. The Hall–Kier alpha value is -0.720. The first-order valence-corrected chi connectivity index (χ1v) is 8.34. The van der Waals surface area contributed by atoms with E-state index in [0.29, 0.717) is 0 Å². The highest BCUT2D eigenvalue weighted by molar-refractivity contribution is 9.10. The second-order valence-electron chi connectivity index (χ2n) is 4.29. The fraction of sp³-hybridized carbons (Fsp3) is 0.417. The molecule has 0 aliphatic heterocycles. The molecule has 0 saturated carbocycles. The average molecular weight is 334 g/mol. The molecule has 0 heterocycles. The van der Waals surface area contributed by atoms with Gasteiger partial charge in [0.05, 0.1) is 11.8 Å². The van der Waals surface area contributed by atoms with Crippen molar-refractivity contribution in [1.82, 2.24) is 0 Å². The van der Waals surface area contributed by atoms with Crippen molar-refractivity contribution in [3.8, 4) is 0 Å². The highest BCUT2D eigenvalue weighted by atomic mass is 79.9. The van der Waals surface area contributed by atoms with Crippen LogP contribution >= 0.6 is 15.9 Å². The summed E-state index contributed by atoms with van der Waals surface area (Å²) in [6.45, 7) is 0. The number of benzene rings is 1. The van der Waals surface area contributed by atoms with Crippen LogP contribution in [0.25, 0.3) is 0 Å². The SMILES string of the molecule is CS(=O)(=O)CCC(N)C(=O)Cc1ccc(Br)cc1. The summed E-state index contributed by atoms with van der Waals surface area (Å²) < 4.78 is 22.9. The summed E-state index contributed by atoms with van der Waals surface area (Å²) in [5.41, 5.74) is 6.55. The smallest absolute Gasteiger partial charge is 0.153 e. The standard InChI is InChI=1S/C12H16BrNO3S/c1-18(16,17)7-6-11(14)12(15)8-9-2-4-10(13)5-3-9/h2-5,11H,6-8,14H2,1H3. The quantitative estimate of drug-likeness (QED) is 0.851. The zero-order valence-corrected chi connectivity index (χ0v) is 12.5. The molecule has 1 unspecified atom stereocenters. The van der Waals surface area contributed by atoms with Crippen molar-refractivity contribution >= 4 is 31.6 Å². The predicted octanol–water partition coefficient (Wildman–Crippen LogP) is 1.32. The van der Waals surface area contributed by atoms with Gasteiger partial charge < -0.3 is 5.73 Å². The fourth-order valence-corrected chi connectivity index (χ4v) is 2.38. The Balaban J connectivity index is 2.52. The first kappa shape index (κ1) is 15.3. The van der Waals surface area contributed by atoms with Gasteiger partial charge in [-0.3, -0.25) is 4.79 Å². The monoisotopic (exact) mass is 333 g/mol. The van der Waals surface area contributed by atoms with Crippen LogP contribution in [0, 0.1) is 0 Å². The molecule has 100 valence electrons. The molecule has 0 amide bonds. The molecule has 18 heavy (non-hydrogen) atoms. The normalized spacial score (nSPS) is 13.3. The molecule has 1 rings (SSSR count). The van der Waals surface area contributed by atoms with Gasteiger partial charge in [-0.1, -0.05) is 28.1 Å². The van der Waals surface area contributed by atoms with Crippen molar-refractivity contribution in [3.63, 3.8) is 0 Å². The first-order chi connectivity index (χ1) is 8.28. The van der Waals surface area contributed by atoms with Gasteiger partial charge in [-0.15, -0.1) is 0 Å². The van der Waals surface area contributed by atoms with Crippen molar-refractivity contribution in [3.05, 3.63) is 34.3 Å². The largest absolute Gasteiger partial charge is 0.321 e. The fourth-order valence-electron chi connectivity index (χ4n) is 1.44. The molecule has 0 spiro atoms. The molecule has 0 aliphatic rings. The minimum atomic E-state index is -3.07. The van der Waals surface area contributed by atoms with Crippen LogP contribution in [0.15, 0.2) is 28.7 Å². The summed E-state index contributed by atoms with van der Waals surface area (Å²) in [5.74, 6) is -0.193. The highest BCUT2D eigenvalue weighted by Gasteiger charge is 2.16. The van der Waals surface area contributed by atoms with Gasteiger partial charge in [0, 0.05) is 17.1 Å². The van der Waals surface area contributed by atoms with E-state index in [4.69, 9.17) is 5.73 Å². The molecule has 1 aromatic rings. The molecule has 4 nitrogen and oxygen atoms in total. The van der Waals surface area contributed by atoms with Gasteiger partial charge in [-0.2, -0.15) is 0 Å². The maximum absolute atomic E-state index is 11.8. The molecule has 0 saturated heterocycles. The second kappa shape index (κ2) is 6.45. The van der Waals surface area contributed by atoms with Gasteiger partial charge >= 0.3 is 0 Å². The number of carbonyl (C=O) groups excluding carboxylic acids is 1. The number of Topliss-reactive ketones (excluding diaryl/α,β-unsaturated/α-hetero) is 1. The summed E-state index contributed by atoms with van der Waals surface area (Å²) in [7, 11) is -3.07. The lowest BCUT2D eigenvalue weighted by Gasteiger charge is -2.09. The van der Waals surface area contributed by atoms with Crippen LogP contribution in [0.5, 0.6) is 0 Å². The molecule has 2 N–H and O–H groups in total. The molecule has 0 aliphatic carbocycles. The molecule has 0 bridgehead atoms. The third kappa shape index (κ3) is 5.75. The van der Waals surface area contributed by atoms with Gasteiger partial charge in [0.25, 0.3) is 0 Å². The summed E-state index contributed by atoms with van der Waals surface area (Å²) in [4.78, 5) is 11.8. The third-order valence-corrected chi connectivity index (χ3v) is 4.01. The zero-order valence-electron chi connectivity index (χ0n) is 10.1. The Morgan fingerprint density at radius 3 is 2.39 bits per heavy atom. The summed E-state index contributed by atoms with van der Waals surface area (Å²) in [6.07, 6.45) is 1.55. The molecule has 1 aromatic carbocycles. The van der Waals surface area contributed by atoms with Crippen molar-refractivity contribution < 1.29 is 13.2 Å². The van der Waals surface area contributed by atoms with Gasteiger partial charge in [0.2, 0.25) is 0 Å². The van der Waals surface area contributed by atoms with E-state index in [1.165, 1.54) is 0 Å². The van der Waals surface area contributed by atoms with E-state index in [0.717, 1.165) is 16.3 Å². The van der Waals surface area contributed by atoms with E-state index in [1.54, 1.807) is 0 Å². The molecule has 0 fully saturated rings. The van der Waals surface area contributed by atoms with E-state index in [1.807, 2.05) is 24.3 Å². The van der Waals surface area contributed by atoms with Crippen molar-refractivity contribution in [2.24, 2.45) is 5.73 Å². The van der Waals surface area contributed by atoms with Crippen LogP contribution in [0.1, 0.15) is 12.0 Å². The number of nitrogens with two attached hydrogens (primary N) is 1. The average Bonchev–Trinajstić information content (AvgIpc) is 2.28. The summed E-state index contributed by atoms with van der Waals surface area (Å²) in [5, 5.41) is 0. The van der Waals surface area contributed by atoms with E-state index < -0.39 is 15.9 Å². The maximum Gasteiger partial charge on any atom is 0.153 e. The number of carbonyl (C=O) groups is 1. The highest BCUT2D eigenvalue weighted by Crippen LogP contribution is 2.11.